The molecule has 1 N–H and O–H groups in total. The van der Waals surface area contributed by atoms with Crippen molar-refractivity contribution in [1.29, 1.82) is 0 Å². The molecule has 1 heterocycles. The summed E-state index contributed by atoms with van der Waals surface area (Å²) in [5.41, 5.74) is -0.859. The number of hydrogen-bond acceptors (Lipinski definition) is 4. The van der Waals surface area contributed by atoms with Crippen molar-refractivity contribution in [3.8, 4) is 0 Å². The van der Waals surface area contributed by atoms with Gasteiger partial charge in [-0.2, -0.15) is 0 Å². The first-order valence-corrected chi connectivity index (χ1v) is 5.24. The van der Waals surface area contributed by atoms with E-state index in [0.29, 0.717) is 0 Å². The van der Waals surface area contributed by atoms with Crippen molar-refractivity contribution in [3.63, 3.8) is 0 Å². The molecule has 94 valence electrons. The van der Waals surface area contributed by atoms with E-state index in [4.69, 9.17) is 26.2 Å². The van der Waals surface area contributed by atoms with Crippen molar-refractivity contribution in [2.75, 3.05) is 6.61 Å². The van der Waals surface area contributed by atoms with Gasteiger partial charge >= 0.3 is 11.9 Å². The summed E-state index contributed by atoms with van der Waals surface area (Å²) in [6.07, 6.45) is -0.864. The maximum absolute atomic E-state index is 11.1. The predicted molar refractivity (Wildman–Crippen MR) is 60.6 cm³/mol. The molecule has 1 aliphatic rings. The van der Waals surface area contributed by atoms with Crippen LogP contribution in [0.5, 0.6) is 0 Å². The van der Waals surface area contributed by atoms with Gasteiger partial charge in [-0.05, 0) is 6.92 Å². The zero-order valence-electron chi connectivity index (χ0n) is 9.36. The monoisotopic (exact) mass is 260 g/mol. The summed E-state index contributed by atoms with van der Waals surface area (Å²) in [5, 5.41) is 8.81. The molecule has 0 saturated carbocycles. The molecule has 0 aromatic heterocycles. The molecule has 0 bridgehead atoms. The van der Waals surface area contributed by atoms with Crippen LogP contribution in [0.3, 0.4) is 0 Å². The van der Waals surface area contributed by atoms with Gasteiger partial charge in [0, 0.05) is 10.6 Å². The Kier molecular flexibility index (Phi) is 3.95. The van der Waals surface area contributed by atoms with E-state index < -0.39 is 23.6 Å². The maximum atomic E-state index is 11.1. The number of esters is 1. The molecule has 0 aromatic rings. The fourth-order valence-corrected chi connectivity index (χ4v) is 1.61. The lowest BCUT2D eigenvalue weighted by Crippen LogP contribution is -2.23. The number of rotatable bonds is 6. The highest BCUT2D eigenvalue weighted by molar-refractivity contribution is 6.30. The van der Waals surface area contributed by atoms with Gasteiger partial charge in [0.05, 0.1) is 6.42 Å². The largest absolute Gasteiger partial charge is 0.481 e. The van der Waals surface area contributed by atoms with Crippen LogP contribution < -0.4 is 0 Å². The topological polar surface area (TPSA) is 76.1 Å². The van der Waals surface area contributed by atoms with E-state index in [1.807, 2.05) is 0 Å². The lowest BCUT2D eigenvalue weighted by atomic mass is 10.0. The molecule has 0 aliphatic carbocycles. The number of carbonyl (C=O) groups is 2. The minimum Gasteiger partial charge on any atom is -0.481 e. The summed E-state index contributed by atoms with van der Waals surface area (Å²) >= 11 is 5.71. The van der Waals surface area contributed by atoms with Gasteiger partial charge in [0.25, 0.3) is 0 Å². The third-order valence-electron chi connectivity index (χ3n) is 2.40. The summed E-state index contributed by atoms with van der Waals surface area (Å²) in [7, 11) is 0. The smallest absolute Gasteiger partial charge is 0.333 e. The summed E-state index contributed by atoms with van der Waals surface area (Å²) in [4.78, 5) is 21.8. The predicted octanol–water partition coefficient (Wildman–Crippen LogP) is 1.47. The number of ether oxygens (including phenoxy) is 2. The van der Waals surface area contributed by atoms with Gasteiger partial charge in [0.15, 0.2) is 0 Å². The summed E-state index contributed by atoms with van der Waals surface area (Å²) in [6, 6.07) is 0. The van der Waals surface area contributed by atoms with Gasteiger partial charge in [-0.1, -0.05) is 24.8 Å². The SMILES string of the molecule is C=C(C)C(=O)OCC1OC1(CC(=O)O)C(=C)Cl. The highest BCUT2D eigenvalue weighted by Gasteiger charge is 2.60. The molecule has 1 saturated heterocycles. The lowest BCUT2D eigenvalue weighted by molar-refractivity contribution is -0.139. The van der Waals surface area contributed by atoms with Crippen LogP contribution in [0.25, 0.3) is 0 Å². The summed E-state index contributed by atoms with van der Waals surface area (Å²) < 4.78 is 10.0. The Hall–Kier alpha value is -1.33. The van der Waals surface area contributed by atoms with E-state index >= 15 is 0 Å². The van der Waals surface area contributed by atoms with Crippen LogP contribution in [-0.2, 0) is 19.1 Å². The van der Waals surface area contributed by atoms with Gasteiger partial charge in [0.1, 0.15) is 18.3 Å². The Bertz CT molecular complexity index is 389. The van der Waals surface area contributed by atoms with E-state index in [-0.39, 0.29) is 23.6 Å². The minimum atomic E-state index is -1.12. The molecule has 0 spiro atoms. The van der Waals surface area contributed by atoms with Crippen molar-refractivity contribution in [2.45, 2.75) is 25.0 Å². The maximum Gasteiger partial charge on any atom is 0.333 e. The third-order valence-corrected chi connectivity index (χ3v) is 2.72. The number of carboxylic acids is 1. The van der Waals surface area contributed by atoms with Crippen LogP contribution in [0.4, 0.5) is 0 Å². The van der Waals surface area contributed by atoms with E-state index in [9.17, 15) is 9.59 Å². The highest BCUT2D eigenvalue weighted by atomic mass is 35.5. The molecule has 17 heavy (non-hydrogen) atoms. The van der Waals surface area contributed by atoms with Crippen LogP contribution in [0, 0.1) is 0 Å². The molecule has 6 heteroatoms. The Morgan fingerprint density at radius 1 is 1.53 bits per heavy atom. The average molecular weight is 261 g/mol. The fraction of sp³-hybridized carbons (Fsp3) is 0.455. The van der Waals surface area contributed by atoms with Crippen LogP contribution in [-0.4, -0.2) is 35.4 Å². The van der Waals surface area contributed by atoms with Gasteiger partial charge in [-0.3, -0.25) is 4.79 Å². The zero-order chi connectivity index (χ0) is 13.2. The normalized spacial score (nSPS) is 26.1. The van der Waals surface area contributed by atoms with Gasteiger partial charge < -0.3 is 14.6 Å². The molecule has 2 atom stereocenters. The first-order chi connectivity index (χ1) is 7.79. The Labute approximate surface area is 104 Å². The molecule has 2 unspecified atom stereocenters. The number of halogens is 1. The number of carbonyl (C=O) groups excluding carboxylic acids is 1. The Morgan fingerprint density at radius 2 is 2.12 bits per heavy atom. The number of carboxylic acid groups (broad SMARTS) is 1. The van der Waals surface area contributed by atoms with E-state index in [1.54, 1.807) is 0 Å². The summed E-state index contributed by atoms with van der Waals surface area (Å²) in [5.74, 6) is -1.61. The molecule has 5 nitrogen and oxygen atoms in total. The molecule has 0 aromatic carbocycles. The number of hydrogen-bond donors (Lipinski definition) is 1. The summed E-state index contributed by atoms with van der Waals surface area (Å²) in [6.45, 7) is 8.34. The van der Waals surface area contributed by atoms with E-state index in [0.717, 1.165) is 0 Å². The molecule has 1 aliphatic heterocycles. The first kappa shape index (κ1) is 13.7. The molecule has 1 fully saturated rings. The number of aliphatic carboxylic acids is 1. The van der Waals surface area contributed by atoms with E-state index in [1.165, 1.54) is 6.92 Å². The number of epoxide rings is 1. The third kappa shape index (κ3) is 3.08. The molecule has 1 rings (SSSR count). The first-order valence-electron chi connectivity index (χ1n) is 4.86. The van der Waals surface area contributed by atoms with Gasteiger partial charge in [0.2, 0.25) is 0 Å². The fourth-order valence-electron chi connectivity index (χ4n) is 1.38. The molecular formula is C11H13ClO5. The standard InChI is InChI=1S/C11H13ClO5/c1-6(2)10(15)16-5-8-11(17-8,7(3)12)4-9(13)14/h8H,1,3-5H2,2H3,(H,13,14). The van der Waals surface area contributed by atoms with Gasteiger partial charge in [-0.15, -0.1) is 0 Å². The second-order valence-electron chi connectivity index (χ2n) is 3.85. The van der Waals surface area contributed by atoms with Crippen LogP contribution in [0.2, 0.25) is 0 Å². The van der Waals surface area contributed by atoms with Crippen molar-refractivity contribution in [2.24, 2.45) is 0 Å². The lowest BCUT2D eigenvalue weighted by Gasteiger charge is -2.08. The second-order valence-corrected chi connectivity index (χ2v) is 4.31. The van der Waals surface area contributed by atoms with Crippen LogP contribution in [0.1, 0.15) is 13.3 Å². The van der Waals surface area contributed by atoms with Gasteiger partial charge in [-0.25, -0.2) is 4.79 Å². The minimum absolute atomic E-state index is 0.0648. The van der Waals surface area contributed by atoms with Crippen LogP contribution >= 0.6 is 11.6 Å². The van der Waals surface area contributed by atoms with Crippen molar-refractivity contribution in [1.82, 2.24) is 0 Å². The second kappa shape index (κ2) is 4.89. The average Bonchev–Trinajstić information content (AvgIpc) is 2.88. The highest BCUT2D eigenvalue weighted by Crippen LogP contribution is 2.47. The Morgan fingerprint density at radius 3 is 2.53 bits per heavy atom. The van der Waals surface area contributed by atoms with Crippen LogP contribution in [0.15, 0.2) is 23.8 Å². The molecule has 0 radical (unpaired) electrons. The van der Waals surface area contributed by atoms with Crippen molar-refractivity contribution >= 4 is 23.5 Å². The zero-order valence-corrected chi connectivity index (χ0v) is 10.1. The van der Waals surface area contributed by atoms with Crippen molar-refractivity contribution < 1.29 is 24.2 Å². The Balaban J connectivity index is 2.53. The molecule has 0 amide bonds. The quantitative estimate of drug-likeness (QED) is 0.445. The van der Waals surface area contributed by atoms with E-state index in [2.05, 4.69) is 13.2 Å². The van der Waals surface area contributed by atoms with Crippen molar-refractivity contribution in [3.05, 3.63) is 23.8 Å². The molecular weight excluding hydrogens is 248 g/mol.